The average molecular weight is 878 g/mol. The van der Waals surface area contributed by atoms with E-state index in [1.807, 2.05) is 90.9 Å². The first-order chi connectivity index (χ1) is 28.6. The van der Waals surface area contributed by atoms with Gasteiger partial charge in [0.05, 0.1) is 36.6 Å². The normalized spacial score (nSPS) is 20.3. The lowest BCUT2D eigenvalue weighted by Crippen LogP contribution is -2.56. The van der Waals surface area contributed by atoms with Gasteiger partial charge in [0.2, 0.25) is 25.7 Å². The fourth-order valence-corrected chi connectivity index (χ4v) is 9.05. The second kappa shape index (κ2) is 23.6. The Balaban J connectivity index is 1.79. The van der Waals surface area contributed by atoms with Crippen LogP contribution in [0.25, 0.3) is 0 Å². The first-order valence-corrected chi connectivity index (χ1v) is 23.3. The molecule has 9 atom stereocenters. The van der Waals surface area contributed by atoms with E-state index in [1.54, 1.807) is 35.8 Å². The third-order valence-electron chi connectivity index (χ3n) is 11.9. The van der Waals surface area contributed by atoms with Crippen LogP contribution in [0.2, 0.25) is 0 Å². The predicted octanol–water partition coefficient (Wildman–Crippen LogP) is 4.55. The molecule has 2 heterocycles. The Hall–Kier alpha value is -3.72. The highest BCUT2D eigenvalue weighted by Crippen LogP contribution is 2.31. The van der Waals surface area contributed by atoms with Crippen LogP contribution in [0.3, 0.4) is 0 Å². The lowest BCUT2D eigenvalue weighted by Gasteiger charge is -2.41. The number of amides is 4. The van der Waals surface area contributed by atoms with Gasteiger partial charge in [-0.2, -0.15) is 0 Å². The van der Waals surface area contributed by atoms with Crippen molar-refractivity contribution < 1.29 is 42.8 Å². The number of likely N-dealkylation sites (N-methyl/N-ethyl adjacent to an activating group) is 1. The van der Waals surface area contributed by atoms with Gasteiger partial charge in [-0.15, -0.1) is 0 Å². The summed E-state index contributed by atoms with van der Waals surface area (Å²) in [6, 6.07) is 7.62. The topological polar surface area (TPSA) is 174 Å². The van der Waals surface area contributed by atoms with E-state index >= 15 is 0 Å². The van der Waals surface area contributed by atoms with Crippen LogP contribution < -0.4 is 5.32 Å². The number of nitrogens with one attached hydrogen (secondary N) is 1. The molecule has 0 spiro atoms. The summed E-state index contributed by atoms with van der Waals surface area (Å²) in [4.78, 5) is 79.7. The molecule has 0 aliphatic carbocycles. The van der Waals surface area contributed by atoms with Crippen LogP contribution in [0.1, 0.15) is 86.6 Å². The molecule has 2 fully saturated rings. The van der Waals surface area contributed by atoms with Crippen molar-refractivity contribution in [3.63, 3.8) is 0 Å². The molecule has 346 valence electrons. The number of carbonyl (C=O) groups excluding carboxylic acids is 4. The highest BCUT2D eigenvalue weighted by atomic mass is 31.1. The molecule has 0 saturated carbocycles. The number of likely N-dealkylation sites (tertiary alicyclic amines) is 1. The van der Waals surface area contributed by atoms with Crippen molar-refractivity contribution >= 4 is 37.8 Å². The first kappa shape index (κ1) is 51.6. The molecule has 17 heteroatoms. The Labute approximate surface area is 365 Å². The average Bonchev–Trinajstić information content (AvgIpc) is 3.69. The summed E-state index contributed by atoms with van der Waals surface area (Å²) in [6.07, 6.45) is 0.613. The quantitative estimate of drug-likeness (QED) is 0.120. The fraction of sp³-hybridized carbons (Fsp3) is 0.750. The number of benzene rings is 1. The monoisotopic (exact) mass is 878 g/mol. The second-order valence-electron chi connectivity index (χ2n) is 18.1. The van der Waals surface area contributed by atoms with Gasteiger partial charge in [0.1, 0.15) is 17.4 Å². The van der Waals surface area contributed by atoms with Crippen molar-refractivity contribution in [2.45, 2.75) is 129 Å². The Bertz CT molecular complexity index is 1630. The van der Waals surface area contributed by atoms with E-state index in [9.17, 15) is 28.6 Å². The van der Waals surface area contributed by atoms with Crippen molar-refractivity contribution in [2.24, 2.45) is 22.7 Å². The van der Waals surface area contributed by atoms with Gasteiger partial charge in [-0.3, -0.25) is 18.9 Å². The van der Waals surface area contributed by atoms with Crippen LogP contribution >= 0.6 is 8.03 Å². The number of piperazine rings is 1. The molecule has 2 saturated heterocycles. The van der Waals surface area contributed by atoms with Crippen LogP contribution in [0.4, 0.5) is 4.79 Å². The Morgan fingerprint density at radius 3 is 2.07 bits per heavy atom. The maximum Gasteiger partial charge on any atom is 0.410 e. The van der Waals surface area contributed by atoms with Gasteiger partial charge in [-0.25, -0.2) is 9.79 Å². The maximum atomic E-state index is 14.6. The van der Waals surface area contributed by atoms with Gasteiger partial charge < -0.3 is 48.9 Å². The van der Waals surface area contributed by atoms with Crippen molar-refractivity contribution in [1.82, 2.24) is 29.8 Å². The lowest BCUT2D eigenvalue weighted by atomic mass is 9.89. The van der Waals surface area contributed by atoms with E-state index in [-0.39, 0.29) is 42.6 Å². The summed E-state index contributed by atoms with van der Waals surface area (Å²) >= 11 is 0. The number of hydrogen-bond donors (Lipinski definition) is 2. The summed E-state index contributed by atoms with van der Waals surface area (Å²) < 4.78 is 29.9. The molecule has 3 rings (SSSR count). The fourth-order valence-electron chi connectivity index (χ4n) is 8.38. The summed E-state index contributed by atoms with van der Waals surface area (Å²) in [6.45, 7) is 17.7. The van der Waals surface area contributed by atoms with E-state index in [1.165, 1.54) is 7.11 Å². The minimum atomic E-state index is -3.11. The van der Waals surface area contributed by atoms with E-state index in [2.05, 4.69) is 17.1 Å². The van der Waals surface area contributed by atoms with Crippen molar-refractivity contribution in [2.75, 3.05) is 68.1 Å². The summed E-state index contributed by atoms with van der Waals surface area (Å²) in [5.74, 6) is -1.99. The summed E-state index contributed by atoms with van der Waals surface area (Å²) in [7, 11) is 5.53. The standard InChI is InChI=1S/C44H76N7O9P/c1-14-30(4)38(48(11)41(54)37(29(2)3)46-42(47(9)10)49-23-25-50(26-24-49)43(55)60-44(6,7)8)34(58-12)28-36(52)51-22-18-21-33(51)39(59-13)31(5)40(53)45-35(61(56)57)27-32-19-16-15-17-20-32/h15-17,19-20,29-31,33-35,37-39,61H,14,18,21-28H2,1-13H3,(H,45,53)(H,56,57)/b46-42+/t30-,31+,33-,34+,35+,37-,38-,39+/m0/s1. The molecule has 1 unspecified atom stereocenters. The zero-order valence-corrected chi connectivity index (χ0v) is 40.1. The maximum absolute atomic E-state index is 14.6. The zero-order valence-electron chi connectivity index (χ0n) is 39.1. The Morgan fingerprint density at radius 2 is 1.56 bits per heavy atom. The molecule has 0 bridgehead atoms. The summed E-state index contributed by atoms with van der Waals surface area (Å²) in [5, 5.41) is 2.78. The van der Waals surface area contributed by atoms with Gasteiger partial charge in [-0.1, -0.05) is 71.4 Å². The van der Waals surface area contributed by atoms with Gasteiger partial charge >= 0.3 is 6.09 Å². The molecule has 2 N–H and O–H groups in total. The van der Waals surface area contributed by atoms with E-state index < -0.39 is 61.6 Å². The van der Waals surface area contributed by atoms with Crippen molar-refractivity contribution in [3.8, 4) is 0 Å². The Morgan fingerprint density at radius 1 is 0.951 bits per heavy atom. The largest absolute Gasteiger partial charge is 0.444 e. The van der Waals surface area contributed by atoms with Gasteiger partial charge in [0.15, 0.2) is 5.96 Å². The molecular formula is C44H76N7O9P. The summed E-state index contributed by atoms with van der Waals surface area (Å²) in [5.41, 5.74) is 0.240. The highest BCUT2D eigenvalue weighted by molar-refractivity contribution is 7.38. The van der Waals surface area contributed by atoms with Gasteiger partial charge in [0, 0.05) is 74.5 Å². The van der Waals surface area contributed by atoms with Crippen LogP contribution in [-0.4, -0.2) is 169 Å². The first-order valence-electron chi connectivity index (χ1n) is 21.8. The molecule has 0 radical (unpaired) electrons. The van der Waals surface area contributed by atoms with Crippen LogP contribution in [0.5, 0.6) is 0 Å². The van der Waals surface area contributed by atoms with E-state index in [0.717, 1.165) is 18.4 Å². The van der Waals surface area contributed by atoms with Crippen molar-refractivity contribution in [3.05, 3.63) is 35.9 Å². The zero-order chi connectivity index (χ0) is 45.8. The molecule has 2 aliphatic heterocycles. The number of hydrogen-bond acceptors (Lipinski definition) is 9. The third kappa shape index (κ3) is 14.4. The number of aliphatic imine (C=N–C) groups is 1. The number of methoxy groups -OCH3 is 2. The molecule has 0 aromatic heterocycles. The molecule has 4 amide bonds. The number of nitrogens with zero attached hydrogens (tertiary/aromatic N) is 6. The molecule has 1 aromatic rings. The second-order valence-corrected chi connectivity index (χ2v) is 19.5. The minimum Gasteiger partial charge on any atom is -0.444 e. The minimum absolute atomic E-state index is 0.00273. The molecule has 16 nitrogen and oxygen atoms in total. The Kier molecular flexibility index (Phi) is 20.0. The number of rotatable bonds is 18. The van der Waals surface area contributed by atoms with Crippen LogP contribution in [-0.2, 0) is 39.6 Å². The van der Waals surface area contributed by atoms with E-state index in [0.29, 0.717) is 45.1 Å². The van der Waals surface area contributed by atoms with Gasteiger partial charge in [-0.05, 0) is 51.0 Å². The molecule has 1 aromatic carbocycles. The van der Waals surface area contributed by atoms with Crippen LogP contribution in [0.15, 0.2) is 35.3 Å². The number of carbonyl (C=O) groups is 4. The SMILES string of the molecule is CC[C@H](C)[C@@H]([C@@H](CC(=O)N1CCC[C@H]1[C@H](OC)[C@@H](C)C(=O)N[C@@H](Cc1ccccc1)[PH](=O)O)OC)N(C)C(=O)[C@@H](/N=C(\N(C)C)N1CCN(C(=O)OC(C)(C)C)CC1)C(C)C. The number of ether oxygens (including phenoxy) is 3. The molecule has 2 aliphatic rings. The van der Waals surface area contributed by atoms with Crippen molar-refractivity contribution in [1.29, 1.82) is 0 Å². The highest BCUT2D eigenvalue weighted by Gasteiger charge is 2.43. The smallest absolute Gasteiger partial charge is 0.410 e. The molecular weight excluding hydrogens is 801 g/mol. The lowest BCUT2D eigenvalue weighted by molar-refractivity contribution is -0.146. The van der Waals surface area contributed by atoms with Gasteiger partial charge in [0.25, 0.3) is 0 Å². The van der Waals surface area contributed by atoms with E-state index in [4.69, 9.17) is 19.2 Å². The van der Waals surface area contributed by atoms with Crippen LogP contribution in [0, 0.1) is 17.8 Å². The third-order valence-corrected chi connectivity index (χ3v) is 12.9. The number of guanidine groups is 1. The predicted molar refractivity (Wildman–Crippen MR) is 239 cm³/mol. The molecule has 61 heavy (non-hydrogen) atoms.